The van der Waals surface area contributed by atoms with Crippen LogP contribution in [0.5, 0.6) is 5.75 Å². The molecule has 0 aliphatic rings. The van der Waals surface area contributed by atoms with E-state index in [0.29, 0.717) is 12.1 Å². The molecule has 1 aromatic rings. The molecule has 1 rings (SSSR count). The van der Waals surface area contributed by atoms with Crippen LogP contribution < -0.4 is 9.46 Å². The molecule has 0 fully saturated rings. The van der Waals surface area contributed by atoms with Gasteiger partial charge in [0.2, 0.25) is 10.0 Å². The van der Waals surface area contributed by atoms with Gasteiger partial charge < -0.3 is 4.74 Å². The van der Waals surface area contributed by atoms with Crippen LogP contribution in [0.1, 0.15) is 44.2 Å². The van der Waals surface area contributed by atoms with Gasteiger partial charge in [-0.05, 0) is 42.5 Å². The highest BCUT2D eigenvalue weighted by molar-refractivity contribution is 7.92. The quantitative estimate of drug-likeness (QED) is 0.872. The van der Waals surface area contributed by atoms with E-state index in [1.54, 1.807) is 7.11 Å². The third-order valence-corrected chi connectivity index (χ3v) is 4.41. The maximum absolute atomic E-state index is 11.8. The Morgan fingerprint density at radius 3 is 2.42 bits per heavy atom. The van der Waals surface area contributed by atoms with Gasteiger partial charge in [0.05, 0.1) is 18.6 Å². The van der Waals surface area contributed by atoms with Gasteiger partial charge in [-0.1, -0.05) is 20.8 Å². The Balaban J connectivity index is 3.19. The van der Waals surface area contributed by atoms with Crippen molar-refractivity contribution in [2.24, 2.45) is 0 Å². The molecule has 108 valence electrons. The zero-order valence-electron chi connectivity index (χ0n) is 12.3. The molecule has 0 spiro atoms. The van der Waals surface area contributed by atoms with Crippen LogP contribution in [0.4, 0.5) is 5.69 Å². The predicted octanol–water partition coefficient (Wildman–Crippen LogP) is 3.28. The summed E-state index contributed by atoms with van der Waals surface area (Å²) in [6.07, 6.45) is 0.599. The highest BCUT2D eigenvalue weighted by Gasteiger charge is 2.15. The van der Waals surface area contributed by atoms with E-state index in [1.807, 2.05) is 26.0 Å². The molecule has 0 amide bonds. The number of methoxy groups -OCH3 is 1. The van der Waals surface area contributed by atoms with Crippen LogP contribution in [0, 0.1) is 6.92 Å². The minimum atomic E-state index is -3.26. The summed E-state index contributed by atoms with van der Waals surface area (Å²) < 4.78 is 31.7. The van der Waals surface area contributed by atoms with Crippen molar-refractivity contribution in [2.45, 2.75) is 40.0 Å². The van der Waals surface area contributed by atoms with Gasteiger partial charge in [0.1, 0.15) is 5.75 Å². The van der Waals surface area contributed by atoms with E-state index in [-0.39, 0.29) is 11.7 Å². The van der Waals surface area contributed by atoms with Crippen LogP contribution in [0.2, 0.25) is 0 Å². The summed E-state index contributed by atoms with van der Waals surface area (Å²) in [5.41, 5.74) is 2.50. The molecular weight excluding hydrogens is 262 g/mol. The minimum absolute atomic E-state index is 0.134. The molecule has 0 aliphatic heterocycles. The molecule has 0 atom stereocenters. The Kier molecular flexibility index (Phi) is 5.23. The maximum Gasteiger partial charge on any atom is 0.232 e. The Bertz CT molecular complexity index is 536. The Labute approximate surface area is 116 Å². The summed E-state index contributed by atoms with van der Waals surface area (Å²) in [4.78, 5) is 0. The normalized spacial score (nSPS) is 11.7. The van der Waals surface area contributed by atoms with E-state index in [9.17, 15) is 8.42 Å². The molecule has 4 nitrogen and oxygen atoms in total. The third-order valence-electron chi connectivity index (χ3n) is 2.94. The molecule has 5 heteroatoms. The lowest BCUT2D eigenvalue weighted by Crippen LogP contribution is -2.17. The van der Waals surface area contributed by atoms with Gasteiger partial charge in [-0.3, -0.25) is 4.72 Å². The minimum Gasteiger partial charge on any atom is -0.496 e. The molecule has 0 saturated heterocycles. The second-order valence-corrected chi connectivity index (χ2v) is 6.83. The van der Waals surface area contributed by atoms with Gasteiger partial charge in [0.15, 0.2) is 0 Å². The average molecular weight is 285 g/mol. The van der Waals surface area contributed by atoms with Gasteiger partial charge in [0, 0.05) is 0 Å². The van der Waals surface area contributed by atoms with E-state index in [2.05, 4.69) is 18.6 Å². The summed E-state index contributed by atoms with van der Waals surface area (Å²) in [6, 6.07) is 3.74. The number of sulfonamides is 1. The predicted molar refractivity (Wildman–Crippen MR) is 79.5 cm³/mol. The van der Waals surface area contributed by atoms with E-state index in [0.717, 1.165) is 16.9 Å². The molecule has 1 N–H and O–H groups in total. The molecular formula is C14H23NO3S. The van der Waals surface area contributed by atoms with Crippen LogP contribution in [0.15, 0.2) is 12.1 Å². The number of aryl methyl sites for hydroxylation is 1. The fourth-order valence-corrected chi connectivity index (χ4v) is 3.12. The average Bonchev–Trinajstić information content (AvgIpc) is 2.30. The first-order chi connectivity index (χ1) is 8.80. The van der Waals surface area contributed by atoms with E-state index >= 15 is 0 Å². The topological polar surface area (TPSA) is 55.4 Å². The van der Waals surface area contributed by atoms with Crippen LogP contribution in [0.3, 0.4) is 0 Å². The number of ether oxygens (including phenoxy) is 1. The van der Waals surface area contributed by atoms with E-state index in [4.69, 9.17) is 4.74 Å². The second-order valence-electron chi connectivity index (χ2n) is 4.98. The molecule has 0 heterocycles. The van der Waals surface area contributed by atoms with E-state index < -0.39 is 10.0 Å². The number of benzene rings is 1. The number of rotatable bonds is 6. The maximum atomic E-state index is 11.8. The first kappa shape index (κ1) is 15.8. The van der Waals surface area contributed by atoms with Crippen molar-refractivity contribution in [3.63, 3.8) is 0 Å². The van der Waals surface area contributed by atoms with Crippen LogP contribution in [0.25, 0.3) is 0 Å². The van der Waals surface area contributed by atoms with Crippen molar-refractivity contribution in [2.75, 3.05) is 17.6 Å². The van der Waals surface area contributed by atoms with Crippen LogP contribution >= 0.6 is 0 Å². The Morgan fingerprint density at radius 1 is 1.32 bits per heavy atom. The second kappa shape index (κ2) is 6.28. The number of nitrogens with one attached hydrogen (secondary N) is 1. The summed E-state index contributed by atoms with van der Waals surface area (Å²) in [5.74, 6) is 1.20. The smallest absolute Gasteiger partial charge is 0.232 e. The summed E-state index contributed by atoms with van der Waals surface area (Å²) in [6.45, 7) is 7.82. The lowest BCUT2D eigenvalue weighted by Gasteiger charge is -2.17. The number of hydrogen-bond donors (Lipinski definition) is 1. The zero-order chi connectivity index (χ0) is 14.6. The van der Waals surface area contributed by atoms with Crippen LogP contribution in [-0.2, 0) is 10.0 Å². The van der Waals surface area contributed by atoms with Gasteiger partial charge in [-0.2, -0.15) is 0 Å². The first-order valence-corrected chi connectivity index (χ1v) is 8.15. The molecule has 0 bridgehead atoms. The van der Waals surface area contributed by atoms with Gasteiger partial charge in [0.25, 0.3) is 0 Å². The standard InChI is InChI=1S/C14H23NO3S/c1-6-7-19(16,17)15-13-9-12(10(2)3)14(18-5)8-11(13)4/h8-10,15H,6-7H2,1-5H3. The lowest BCUT2D eigenvalue weighted by molar-refractivity contribution is 0.407. The highest BCUT2D eigenvalue weighted by atomic mass is 32.2. The lowest BCUT2D eigenvalue weighted by atomic mass is 9.99. The fourth-order valence-electron chi connectivity index (χ4n) is 1.92. The SMILES string of the molecule is CCCS(=O)(=O)Nc1cc(C(C)C)c(OC)cc1C. The van der Waals surface area contributed by atoms with Crippen molar-refractivity contribution in [1.82, 2.24) is 0 Å². The molecule has 0 radical (unpaired) electrons. The number of hydrogen-bond acceptors (Lipinski definition) is 3. The molecule has 0 unspecified atom stereocenters. The van der Waals surface area contributed by atoms with E-state index in [1.165, 1.54) is 0 Å². The summed E-state index contributed by atoms with van der Waals surface area (Å²) in [7, 11) is -1.63. The van der Waals surface area contributed by atoms with Crippen molar-refractivity contribution in [3.05, 3.63) is 23.3 Å². The van der Waals surface area contributed by atoms with Crippen molar-refractivity contribution in [1.29, 1.82) is 0 Å². The van der Waals surface area contributed by atoms with Crippen LogP contribution in [-0.4, -0.2) is 21.3 Å². The summed E-state index contributed by atoms with van der Waals surface area (Å²) in [5, 5.41) is 0. The largest absolute Gasteiger partial charge is 0.496 e. The van der Waals surface area contributed by atoms with Gasteiger partial charge >= 0.3 is 0 Å². The first-order valence-electron chi connectivity index (χ1n) is 6.49. The molecule has 0 aromatic heterocycles. The molecule has 0 aliphatic carbocycles. The fraction of sp³-hybridized carbons (Fsp3) is 0.571. The number of anilines is 1. The molecule has 0 saturated carbocycles. The highest BCUT2D eigenvalue weighted by Crippen LogP contribution is 2.32. The monoisotopic (exact) mass is 285 g/mol. The van der Waals surface area contributed by atoms with Gasteiger partial charge in [-0.15, -0.1) is 0 Å². The zero-order valence-corrected chi connectivity index (χ0v) is 13.1. The van der Waals surface area contributed by atoms with Crippen molar-refractivity contribution >= 4 is 15.7 Å². The molecule has 1 aromatic carbocycles. The molecule has 19 heavy (non-hydrogen) atoms. The van der Waals surface area contributed by atoms with Crippen molar-refractivity contribution < 1.29 is 13.2 Å². The Morgan fingerprint density at radius 2 is 1.95 bits per heavy atom. The third kappa shape index (κ3) is 4.13. The van der Waals surface area contributed by atoms with Gasteiger partial charge in [-0.25, -0.2) is 8.42 Å². The summed E-state index contributed by atoms with van der Waals surface area (Å²) >= 11 is 0. The van der Waals surface area contributed by atoms with Crippen molar-refractivity contribution in [3.8, 4) is 5.75 Å². The Hall–Kier alpha value is -1.23.